The van der Waals surface area contributed by atoms with Gasteiger partial charge in [-0.3, -0.25) is 0 Å². The molecular weight excluding hydrogens is 394 g/mol. The van der Waals surface area contributed by atoms with E-state index in [0.29, 0.717) is 12.6 Å². The zero-order valence-corrected chi connectivity index (χ0v) is 18.4. The molecule has 2 saturated heterocycles. The second-order valence-corrected chi connectivity index (χ2v) is 7.93. The van der Waals surface area contributed by atoms with Crippen molar-refractivity contribution in [2.75, 3.05) is 69.9 Å². The van der Waals surface area contributed by atoms with Crippen molar-refractivity contribution >= 4 is 17.5 Å². The van der Waals surface area contributed by atoms with E-state index in [-0.39, 0.29) is 0 Å². The lowest BCUT2D eigenvalue weighted by Gasteiger charge is -2.21. The molecule has 0 aliphatic carbocycles. The van der Waals surface area contributed by atoms with Crippen molar-refractivity contribution < 1.29 is 14.2 Å². The van der Waals surface area contributed by atoms with Crippen LogP contribution in [0.2, 0.25) is 0 Å². The molecule has 0 radical (unpaired) electrons. The summed E-state index contributed by atoms with van der Waals surface area (Å²) in [4.78, 5) is 13.8. The molecule has 2 aliphatic heterocycles. The van der Waals surface area contributed by atoms with Gasteiger partial charge >= 0.3 is 0 Å². The number of ether oxygens (including phenoxy) is 3. The molecule has 8 heteroatoms. The summed E-state index contributed by atoms with van der Waals surface area (Å²) in [6.45, 7) is 7.49. The van der Waals surface area contributed by atoms with Gasteiger partial charge in [0.15, 0.2) is 11.5 Å². The van der Waals surface area contributed by atoms with Gasteiger partial charge in [-0.15, -0.1) is 0 Å². The molecule has 168 valence electrons. The van der Waals surface area contributed by atoms with Gasteiger partial charge < -0.3 is 29.3 Å². The van der Waals surface area contributed by atoms with Gasteiger partial charge in [0.2, 0.25) is 5.95 Å². The van der Waals surface area contributed by atoms with Gasteiger partial charge in [-0.25, -0.2) is 4.98 Å². The van der Waals surface area contributed by atoms with Crippen molar-refractivity contribution in [3.63, 3.8) is 0 Å². The van der Waals surface area contributed by atoms with Gasteiger partial charge in [0.05, 0.1) is 20.3 Å². The lowest BCUT2D eigenvalue weighted by Crippen LogP contribution is -2.27. The quantitative estimate of drug-likeness (QED) is 0.611. The molecule has 1 aromatic carbocycles. The third-order valence-electron chi connectivity index (χ3n) is 5.68. The number of nitrogens with zero attached hydrogens (tertiary/aromatic N) is 4. The van der Waals surface area contributed by atoms with E-state index in [1.54, 1.807) is 13.3 Å². The third kappa shape index (κ3) is 6.21. The van der Waals surface area contributed by atoms with E-state index in [0.717, 1.165) is 68.7 Å². The molecule has 4 rings (SSSR count). The molecule has 31 heavy (non-hydrogen) atoms. The van der Waals surface area contributed by atoms with E-state index in [1.807, 2.05) is 24.3 Å². The monoisotopic (exact) mass is 427 g/mol. The highest BCUT2D eigenvalue weighted by Crippen LogP contribution is 2.31. The van der Waals surface area contributed by atoms with Crippen molar-refractivity contribution in [1.29, 1.82) is 0 Å². The minimum Gasteiger partial charge on any atom is -0.493 e. The zero-order chi connectivity index (χ0) is 21.3. The fourth-order valence-electron chi connectivity index (χ4n) is 4.03. The molecule has 2 fully saturated rings. The number of hydrogen-bond donors (Lipinski definition) is 1. The van der Waals surface area contributed by atoms with Crippen molar-refractivity contribution in [1.82, 2.24) is 14.9 Å². The lowest BCUT2D eigenvalue weighted by atomic mass is 10.2. The van der Waals surface area contributed by atoms with Gasteiger partial charge in [-0.2, -0.15) is 4.98 Å². The molecule has 8 nitrogen and oxygen atoms in total. The van der Waals surface area contributed by atoms with E-state index in [2.05, 4.69) is 20.1 Å². The topological polar surface area (TPSA) is 72.0 Å². The maximum absolute atomic E-state index is 6.04. The predicted octanol–water partition coefficient (Wildman–Crippen LogP) is 3.32. The average Bonchev–Trinajstić information content (AvgIpc) is 3.17. The molecule has 0 amide bonds. The van der Waals surface area contributed by atoms with Crippen LogP contribution in [-0.4, -0.2) is 74.5 Å². The second-order valence-electron chi connectivity index (χ2n) is 7.93. The number of anilines is 3. The number of hydrogen-bond acceptors (Lipinski definition) is 8. The van der Waals surface area contributed by atoms with Crippen LogP contribution >= 0.6 is 0 Å². The summed E-state index contributed by atoms with van der Waals surface area (Å²) in [5, 5.41) is 3.30. The zero-order valence-electron chi connectivity index (χ0n) is 18.4. The van der Waals surface area contributed by atoms with Gasteiger partial charge in [0.1, 0.15) is 5.82 Å². The Morgan fingerprint density at radius 2 is 1.94 bits per heavy atom. The minimum atomic E-state index is 0.563. The second kappa shape index (κ2) is 11.2. The summed E-state index contributed by atoms with van der Waals surface area (Å²) >= 11 is 0. The minimum absolute atomic E-state index is 0.563. The Balaban J connectivity index is 1.37. The highest BCUT2D eigenvalue weighted by atomic mass is 16.5. The molecule has 1 aromatic heterocycles. The van der Waals surface area contributed by atoms with E-state index in [9.17, 15) is 0 Å². The predicted molar refractivity (Wildman–Crippen MR) is 122 cm³/mol. The summed E-state index contributed by atoms with van der Waals surface area (Å²) < 4.78 is 17.1. The van der Waals surface area contributed by atoms with Crippen LogP contribution in [0.4, 0.5) is 17.5 Å². The van der Waals surface area contributed by atoms with Gasteiger partial charge in [-0.1, -0.05) is 0 Å². The van der Waals surface area contributed by atoms with Gasteiger partial charge in [-0.05, 0) is 57.0 Å². The highest BCUT2D eigenvalue weighted by molar-refractivity contribution is 5.60. The Kier molecular flexibility index (Phi) is 7.79. The van der Waals surface area contributed by atoms with Crippen LogP contribution in [0, 0.1) is 0 Å². The standard InChI is InChI=1S/C23H33N5O3/c1-29-20-7-6-19(18-21(20)31-16-4-12-27-10-2-3-11-27)25-23-24-9-8-22(26-23)28-13-5-15-30-17-14-28/h6-9,18H,2-5,10-17H2,1H3,(H,24,25,26). The summed E-state index contributed by atoms with van der Waals surface area (Å²) in [6.07, 6.45) is 6.43. The third-order valence-corrected chi connectivity index (χ3v) is 5.68. The Morgan fingerprint density at radius 3 is 2.81 bits per heavy atom. The Hall–Kier alpha value is -2.58. The first-order chi connectivity index (χ1) is 15.3. The fraction of sp³-hybridized carbons (Fsp3) is 0.565. The first-order valence-electron chi connectivity index (χ1n) is 11.3. The molecule has 0 unspecified atom stereocenters. The van der Waals surface area contributed by atoms with Crippen LogP contribution in [0.25, 0.3) is 0 Å². The normalized spacial score (nSPS) is 17.4. The van der Waals surface area contributed by atoms with Crippen molar-refractivity contribution in [3.8, 4) is 11.5 Å². The summed E-state index contributed by atoms with van der Waals surface area (Å²) in [5.41, 5.74) is 0.867. The number of benzene rings is 1. The summed E-state index contributed by atoms with van der Waals surface area (Å²) in [5.74, 6) is 2.93. The molecular formula is C23H33N5O3. The van der Waals surface area contributed by atoms with Crippen LogP contribution in [0.1, 0.15) is 25.7 Å². The molecule has 0 spiro atoms. The van der Waals surface area contributed by atoms with Crippen molar-refractivity contribution in [2.24, 2.45) is 0 Å². The van der Waals surface area contributed by atoms with Crippen molar-refractivity contribution in [2.45, 2.75) is 25.7 Å². The smallest absolute Gasteiger partial charge is 0.229 e. The Labute approximate surface area is 184 Å². The number of aromatic nitrogens is 2. The van der Waals surface area contributed by atoms with Crippen LogP contribution in [-0.2, 0) is 4.74 Å². The SMILES string of the molecule is COc1ccc(Nc2nccc(N3CCCOCC3)n2)cc1OCCCN1CCCC1. The Bertz CT molecular complexity index is 821. The van der Waals surface area contributed by atoms with E-state index >= 15 is 0 Å². The Morgan fingerprint density at radius 1 is 1.03 bits per heavy atom. The molecule has 0 atom stereocenters. The number of likely N-dealkylation sites (tertiary alicyclic amines) is 1. The van der Waals surface area contributed by atoms with Gasteiger partial charge in [0.25, 0.3) is 0 Å². The van der Waals surface area contributed by atoms with Crippen LogP contribution in [0.5, 0.6) is 11.5 Å². The highest BCUT2D eigenvalue weighted by Gasteiger charge is 2.14. The number of nitrogens with one attached hydrogen (secondary N) is 1. The van der Waals surface area contributed by atoms with Gasteiger partial charge in [0, 0.05) is 44.2 Å². The summed E-state index contributed by atoms with van der Waals surface area (Å²) in [6, 6.07) is 7.75. The maximum Gasteiger partial charge on any atom is 0.229 e. The molecule has 1 N–H and O–H groups in total. The largest absolute Gasteiger partial charge is 0.493 e. The first-order valence-corrected chi connectivity index (χ1v) is 11.3. The van der Waals surface area contributed by atoms with E-state index in [1.165, 1.54) is 25.9 Å². The lowest BCUT2D eigenvalue weighted by molar-refractivity contribution is 0.152. The van der Waals surface area contributed by atoms with Crippen molar-refractivity contribution in [3.05, 3.63) is 30.5 Å². The maximum atomic E-state index is 6.04. The summed E-state index contributed by atoms with van der Waals surface area (Å²) in [7, 11) is 1.66. The number of methoxy groups -OCH3 is 1. The van der Waals surface area contributed by atoms with E-state index < -0.39 is 0 Å². The molecule has 3 heterocycles. The molecule has 2 aliphatic rings. The van der Waals surface area contributed by atoms with Crippen LogP contribution < -0.4 is 19.7 Å². The molecule has 0 bridgehead atoms. The van der Waals surface area contributed by atoms with Crippen LogP contribution in [0.15, 0.2) is 30.5 Å². The fourth-order valence-corrected chi connectivity index (χ4v) is 4.03. The van der Waals surface area contributed by atoms with Crippen LogP contribution in [0.3, 0.4) is 0 Å². The molecule has 0 saturated carbocycles. The first kappa shape index (κ1) is 21.6. The average molecular weight is 428 g/mol. The molecule has 2 aromatic rings. The van der Waals surface area contributed by atoms with E-state index in [4.69, 9.17) is 19.2 Å². The number of rotatable bonds is 9.